The standard InChI is InChI=1S/C20H36F2N4O9/c1-11(17(32)25-8-15(29)30)26-18(33)12(23)5-3-4-6-24-10-19(21,22)20(34-2)7-13(28)16(31)14(9-27)35-20/h11-14,16,24,27-28,31H,3-10,23H2,1-2H3,(H,25,32)(H,26,33)(H,29,30)/t11?,12?,13?,14?,16?,20-/m1/s1. The molecular formula is C20H36F2N4O9. The molecule has 15 heteroatoms. The van der Waals surface area contributed by atoms with Crippen molar-refractivity contribution >= 4 is 17.8 Å². The first kappa shape index (κ1) is 31.0. The van der Waals surface area contributed by atoms with E-state index in [4.69, 9.17) is 20.3 Å². The van der Waals surface area contributed by atoms with Crippen LogP contribution in [0.5, 0.6) is 0 Å². The fraction of sp³-hybridized carbons (Fsp3) is 0.850. The predicted molar refractivity (Wildman–Crippen MR) is 116 cm³/mol. The first-order valence-electron chi connectivity index (χ1n) is 11.1. The summed E-state index contributed by atoms with van der Waals surface area (Å²) in [5.74, 6) is -8.68. The molecule has 1 fully saturated rings. The molecule has 9 N–H and O–H groups in total. The molecule has 0 aromatic carbocycles. The van der Waals surface area contributed by atoms with Crippen molar-refractivity contribution < 1.29 is 53.1 Å². The lowest BCUT2D eigenvalue weighted by Gasteiger charge is -2.47. The van der Waals surface area contributed by atoms with Crippen LogP contribution in [0.2, 0.25) is 0 Å². The Balaban J connectivity index is 2.41. The van der Waals surface area contributed by atoms with Gasteiger partial charge >= 0.3 is 11.9 Å². The maximum Gasteiger partial charge on any atom is 0.322 e. The van der Waals surface area contributed by atoms with Crippen molar-refractivity contribution in [2.75, 3.05) is 33.4 Å². The molecule has 1 heterocycles. The monoisotopic (exact) mass is 514 g/mol. The number of carbonyl (C=O) groups is 3. The van der Waals surface area contributed by atoms with Crippen molar-refractivity contribution in [3.05, 3.63) is 0 Å². The van der Waals surface area contributed by atoms with Crippen LogP contribution in [0.3, 0.4) is 0 Å². The smallest absolute Gasteiger partial charge is 0.322 e. The molecule has 2 amide bonds. The van der Waals surface area contributed by atoms with E-state index in [9.17, 15) is 38.5 Å². The molecule has 0 saturated carbocycles. The van der Waals surface area contributed by atoms with Gasteiger partial charge in [0.2, 0.25) is 17.6 Å². The van der Waals surface area contributed by atoms with Crippen LogP contribution in [0.1, 0.15) is 32.6 Å². The van der Waals surface area contributed by atoms with Crippen LogP contribution in [0, 0.1) is 0 Å². The van der Waals surface area contributed by atoms with E-state index in [1.807, 2.05) is 0 Å². The van der Waals surface area contributed by atoms with Gasteiger partial charge in [0.25, 0.3) is 0 Å². The number of carboxylic acid groups (broad SMARTS) is 1. The number of ether oxygens (including phenoxy) is 2. The summed E-state index contributed by atoms with van der Waals surface area (Å²) in [5.41, 5.74) is 5.78. The van der Waals surface area contributed by atoms with Crippen LogP contribution in [-0.4, -0.2) is 114 Å². The minimum Gasteiger partial charge on any atom is -0.480 e. The van der Waals surface area contributed by atoms with E-state index in [2.05, 4.69) is 16.0 Å². The zero-order valence-electron chi connectivity index (χ0n) is 19.7. The lowest BCUT2D eigenvalue weighted by molar-refractivity contribution is -0.383. The topological polar surface area (TPSA) is 213 Å². The Hall–Kier alpha value is -2.01. The fourth-order valence-electron chi connectivity index (χ4n) is 3.49. The van der Waals surface area contributed by atoms with Crippen LogP contribution in [-0.2, 0) is 23.9 Å². The highest BCUT2D eigenvalue weighted by atomic mass is 19.3. The van der Waals surface area contributed by atoms with Gasteiger partial charge in [-0.25, -0.2) is 0 Å². The third-order valence-electron chi connectivity index (χ3n) is 5.63. The summed E-state index contributed by atoms with van der Waals surface area (Å²) in [4.78, 5) is 34.2. The zero-order chi connectivity index (χ0) is 26.8. The molecule has 0 aromatic heterocycles. The molecule has 204 valence electrons. The second-order valence-corrected chi connectivity index (χ2v) is 8.38. The maximum atomic E-state index is 14.9. The fourth-order valence-corrected chi connectivity index (χ4v) is 3.49. The van der Waals surface area contributed by atoms with E-state index in [1.54, 1.807) is 0 Å². The number of aliphatic carboxylic acids is 1. The van der Waals surface area contributed by atoms with E-state index in [0.29, 0.717) is 12.8 Å². The Morgan fingerprint density at radius 3 is 2.49 bits per heavy atom. The number of aliphatic hydroxyl groups is 3. The van der Waals surface area contributed by atoms with Gasteiger partial charge in [-0.15, -0.1) is 0 Å². The van der Waals surface area contributed by atoms with Gasteiger partial charge in [0.1, 0.15) is 24.8 Å². The van der Waals surface area contributed by atoms with Crippen LogP contribution in [0.15, 0.2) is 0 Å². The minimum atomic E-state index is -3.62. The third-order valence-corrected chi connectivity index (χ3v) is 5.63. The van der Waals surface area contributed by atoms with Gasteiger partial charge in [-0.3, -0.25) is 14.4 Å². The average Bonchev–Trinajstić information content (AvgIpc) is 2.80. The molecule has 1 aliphatic heterocycles. The van der Waals surface area contributed by atoms with Crippen molar-refractivity contribution in [2.24, 2.45) is 5.73 Å². The number of unbranched alkanes of at least 4 members (excludes halogenated alkanes) is 1. The van der Waals surface area contributed by atoms with Gasteiger partial charge < -0.3 is 51.6 Å². The van der Waals surface area contributed by atoms with E-state index in [1.165, 1.54) is 6.92 Å². The highest BCUT2D eigenvalue weighted by Crippen LogP contribution is 2.41. The summed E-state index contributed by atoms with van der Waals surface area (Å²) in [7, 11) is 0.982. The normalized spacial score (nSPS) is 26.6. The molecule has 0 radical (unpaired) electrons. The Kier molecular flexibility index (Phi) is 12.3. The number of hydrogen-bond donors (Lipinski definition) is 8. The summed E-state index contributed by atoms with van der Waals surface area (Å²) >= 11 is 0. The molecule has 0 aromatic rings. The van der Waals surface area contributed by atoms with Gasteiger partial charge in [-0.05, 0) is 26.3 Å². The maximum absolute atomic E-state index is 14.9. The minimum absolute atomic E-state index is 0.131. The number of rotatable bonds is 15. The molecule has 35 heavy (non-hydrogen) atoms. The van der Waals surface area contributed by atoms with Gasteiger partial charge in [-0.1, -0.05) is 6.42 Å². The lowest BCUT2D eigenvalue weighted by atomic mass is 9.91. The lowest BCUT2D eigenvalue weighted by Crippen LogP contribution is -2.65. The molecule has 0 spiro atoms. The second kappa shape index (κ2) is 13.9. The van der Waals surface area contributed by atoms with Gasteiger partial charge in [0, 0.05) is 13.5 Å². The van der Waals surface area contributed by atoms with E-state index >= 15 is 0 Å². The average molecular weight is 515 g/mol. The number of methoxy groups -OCH3 is 1. The van der Waals surface area contributed by atoms with Crippen LogP contribution in [0.25, 0.3) is 0 Å². The van der Waals surface area contributed by atoms with Gasteiger partial charge in [0.15, 0.2) is 0 Å². The Morgan fingerprint density at radius 1 is 1.26 bits per heavy atom. The van der Waals surface area contributed by atoms with Gasteiger partial charge in [0.05, 0.1) is 25.3 Å². The highest BCUT2D eigenvalue weighted by Gasteiger charge is 2.61. The number of carbonyl (C=O) groups excluding carboxylic acids is 2. The molecule has 1 saturated heterocycles. The summed E-state index contributed by atoms with van der Waals surface area (Å²) < 4.78 is 39.8. The van der Waals surface area contributed by atoms with Crippen LogP contribution < -0.4 is 21.7 Å². The summed E-state index contributed by atoms with van der Waals surface area (Å²) in [6, 6.07) is -1.95. The SMILES string of the molecule is CO[C@]1(C(F)(F)CNCCCCC(N)C(=O)NC(C)C(=O)NCC(=O)O)CC(O)C(O)C(CO)O1. The van der Waals surface area contributed by atoms with E-state index in [-0.39, 0.29) is 13.0 Å². The summed E-state index contributed by atoms with van der Waals surface area (Å²) in [5, 5.41) is 44.5. The molecule has 1 rings (SSSR count). The number of halogens is 2. The van der Waals surface area contributed by atoms with E-state index in [0.717, 1.165) is 7.11 Å². The van der Waals surface area contributed by atoms with Crippen molar-refractivity contribution in [3.8, 4) is 0 Å². The summed E-state index contributed by atoms with van der Waals surface area (Å²) in [6.45, 7) is -0.743. The van der Waals surface area contributed by atoms with Crippen LogP contribution in [0.4, 0.5) is 8.78 Å². The first-order chi connectivity index (χ1) is 16.3. The number of hydrogen-bond acceptors (Lipinski definition) is 10. The zero-order valence-corrected chi connectivity index (χ0v) is 19.7. The molecule has 6 atom stereocenters. The number of carboxylic acids is 1. The van der Waals surface area contributed by atoms with Crippen molar-refractivity contribution in [3.63, 3.8) is 0 Å². The molecule has 0 aliphatic carbocycles. The van der Waals surface area contributed by atoms with Crippen LogP contribution >= 0.6 is 0 Å². The molecule has 1 aliphatic rings. The number of amides is 2. The second-order valence-electron chi connectivity index (χ2n) is 8.38. The molecule has 5 unspecified atom stereocenters. The van der Waals surface area contributed by atoms with Crippen molar-refractivity contribution in [2.45, 2.75) is 74.7 Å². The number of nitrogens with one attached hydrogen (secondary N) is 3. The number of alkyl halides is 2. The Bertz CT molecular complexity index is 718. The predicted octanol–water partition coefficient (Wildman–Crippen LogP) is -2.74. The Labute approximate surface area is 201 Å². The van der Waals surface area contributed by atoms with Gasteiger partial charge in [-0.2, -0.15) is 8.78 Å². The molecule has 13 nitrogen and oxygen atoms in total. The highest BCUT2D eigenvalue weighted by molar-refractivity contribution is 5.90. The third kappa shape index (κ3) is 8.86. The molecule has 0 bridgehead atoms. The largest absolute Gasteiger partial charge is 0.480 e. The molecular weight excluding hydrogens is 478 g/mol. The van der Waals surface area contributed by atoms with Crippen molar-refractivity contribution in [1.82, 2.24) is 16.0 Å². The van der Waals surface area contributed by atoms with E-state index < -0.39 is 86.0 Å². The Morgan fingerprint density at radius 2 is 1.91 bits per heavy atom. The summed E-state index contributed by atoms with van der Waals surface area (Å²) in [6.07, 6.45) is -4.26. The van der Waals surface area contributed by atoms with Crippen molar-refractivity contribution in [1.29, 1.82) is 0 Å². The number of nitrogens with two attached hydrogens (primary N) is 1. The first-order valence-corrected chi connectivity index (χ1v) is 11.1. The quantitative estimate of drug-likeness (QED) is 0.105. The number of aliphatic hydroxyl groups excluding tert-OH is 3.